The minimum Gasteiger partial charge on any atom is -0.489 e. The van der Waals surface area contributed by atoms with Crippen LogP contribution in [0, 0.1) is 0 Å². The standard InChI is InChI=1S/C21H14ClNO3/c22-16-5-3-4-14(10-16)13-25-17-8-7-15-11-18(19-6-1-2-9-23-19)21(24)26-20(15)12-17/h1-12H,13H2. The van der Waals surface area contributed by atoms with Gasteiger partial charge in [-0.3, -0.25) is 4.98 Å². The Kier molecular flexibility index (Phi) is 4.42. The van der Waals surface area contributed by atoms with Gasteiger partial charge >= 0.3 is 5.63 Å². The van der Waals surface area contributed by atoms with Gasteiger partial charge in [0.2, 0.25) is 0 Å². The predicted molar refractivity (Wildman–Crippen MR) is 101 cm³/mol. The summed E-state index contributed by atoms with van der Waals surface area (Å²) < 4.78 is 11.2. The fourth-order valence-electron chi connectivity index (χ4n) is 2.68. The van der Waals surface area contributed by atoms with Crippen molar-refractivity contribution in [1.82, 2.24) is 4.98 Å². The van der Waals surface area contributed by atoms with Gasteiger partial charge in [-0.15, -0.1) is 0 Å². The number of ether oxygens (including phenoxy) is 1. The van der Waals surface area contributed by atoms with Crippen LogP contribution >= 0.6 is 11.6 Å². The molecule has 5 heteroatoms. The number of hydrogen-bond donors (Lipinski definition) is 0. The molecule has 0 aliphatic carbocycles. The Morgan fingerprint density at radius 3 is 2.73 bits per heavy atom. The lowest BCUT2D eigenvalue weighted by Gasteiger charge is -2.08. The Morgan fingerprint density at radius 1 is 1.00 bits per heavy atom. The van der Waals surface area contributed by atoms with Gasteiger partial charge in [0.25, 0.3) is 0 Å². The van der Waals surface area contributed by atoms with Crippen molar-refractivity contribution in [3.63, 3.8) is 0 Å². The first-order valence-corrected chi connectivity index (χ1v) is 8.43. The highest BCUT2D eigenvalue weighted by molar-refractivity contribution is 6.30. The Hall–Kier alpha value is -3.11. The molecule has 0 atom stereocenters. The minimum atomic E-state index is -0.428. The number of aromatic nitrogens is 1. The van der Waals surface area contributed by atoms with Crippen molar-refractivity contribution in [3.05, 3.63) is 93.9 Å². The Morgan fingerprint density at radius 2 is 1.92 bits per heavy atom. The first-order valence-electron chi connectivity index (χ1n) is 8.05. The molecular weight excluding hydrogens is 350 g/mol. The molecule has 0 spiro atoms. The molecule has 2 aromatic heterocycles. The largest absolute Gasteiger partial charge is 0.489 e. The maximum Gasteiger partial charge on any atom is 0.345 e. The van der Waals surface area contributed by atoms with Gasteiger partial charge < -0.3 is 9.15 Å². The number of rotatable bonds is 4. The second-order valence-electron chi connectivity index (χ2n) is 5.78. The SMILES string of the molecule is O=c1oc2cc(OCc3cccc(Cl)c3)ccc2cc1-c1ccccn1. The van der Waals surface area contributed by atoms with E-state index in [9.17, 15) is 4.79 Å². The second kappa shape index (κ2) is 7.02. The highest BCUT2D eigenvalue weighted by atomic mass is 35.5. The van der Waals surface area contributed by atoms with E-state index in [-0.39, 0.29) is 0 Å². The third kappa shape index (κ3) is 3.46. The van der Waals surface area contributed by atoms with Crippen LogP contribution < -0.4 is 10.4 Å². The van der Waals surface area contributed by atoms with E-state index in [0.717, 1.165) is 10.9 Å². The maximum absolute atomic E-state index is 12.3. The molecule has 0 radical (unpaired) electrons. The zero-order chi connectivity index (χ0) is 17.9. The first kappa shape index (κ1) is 16.4. The van der Waals surface area contributed by atoms with Crippen LogP contribution in [-0.4, -0.2) is 4.98 Å². The zero-order valence-corrected chi connectivity index (χ0v) is 14.4. The van der Waals surface area contributed by atoms with Gasteiger partial charge in [-0.25, -0.2) is 4.79 Å². The molecule has 4 rings (SSSR count). The molecule has 0 unspecified atom stereocenters. The van der Waals surface area contributed by atoms with Crippen LogP contribution in [0.15, 0.2) is 82.1 Å². The lowest BCUT2D eigenvalue weighted by Crippen LogP contribution is -2.03. The summed E-state index contributed by atoms with van der Waals surface area (Å²) in [6.07, 6.45) is 1.64. The summed E-state index contributed by atoms with van der Waals surface area (Å²) in [6.45, 7) is 0.377. The van der Waals surface area contributed by atoms with Crippen molar-refractivity contribution in [2.24, 2.45) is 0 Å². The van der Waals surface area contributed by atoms with E-state index in [1.54, 1.807) is 30.5 Å². The van der Waals surface area contributed by atoms with Crippen LogP contribution in [0.4, 0.5) is 0 Å². The number of benzene rings is 2. The van der Waals surface area contributed by atoms with E-state index in [0.29, 0.717) is 34.2 Å². The van der Waals surface area contributed by atoms with Crippen LogP contribution in [0.25, 0.3) is 22.2 Å². The van der Waals surface area contributed by atoms with Gasteiger partial charge in [0.15, 0.2) is 0 Å². The third-order valence-electron chi connectivity index (χ3n) is 3.94. The fraction of sp³-hybridized carbons (Fsp3) is 0.0476. The van der Waals surface area contributed by atoms with Crippen molar-refractivity contribution in [2.75, 3.05) is 0 Å². The second-order valence-corrected chi connectivity index (χ2v) is 6.22. The average Bonchev–Trinajstić information content (AvgIpc) is 2.66. The summed E-state index contributed by atoms with van der Waals surface area (Å²) in [5, 5.41) is 1.47. The summed E-state index contributed by atoms with van der Waals surface area (Å²) in [4.78, 5) is 16.5. The molecule has 0 amide bonds. The molecule has 2 aromatic carbocycles. The average molecular weight is 364 g/mol. The fourth-order valence-corrected chi connectivity index (χ4v) is 2.89. The van der Waals surface area contributed by atoms with Gasteiger partial charge in [0.05, 0.1) is 11.3 Å². The number of nitrogens with zero attached hydrogens (tertiary/aromatic N) is 1. The van der Waals surface area contributed by atoms with E-state index in [1.807, 2.05) is 42.5 Å². The summed E-state index contributed by atoms with van der Waals surface area (Å²) >= 11 is 5.98. The van der Waals surface area contributed by atoms with E-state index < -0.39 is 5.63 Å². The van der Waals surface area contributed by atoms with E-state index in [1.165, 1.54) is 0 Å². The molecule has 4 nitrogen and oxygen atoms in total. The van der Waals surface area contributed by atoms with Crippen molar-refractivity contribution in [1.29, 1.82) is 0 Å². The summed E-state index contributed by atoms with van der Waals surface area (Å²) in [7, 11) is 0. The van der Waals surface area contributed by atoms with Crippen LogP contribution in [-0.2, 0) is 6.61 Å². The number of halogens is 1. The van der Waals surface area contributed by atoms with Crippen molar-refractivity contribution in [2.45, 2.75) is 6.61 Å². The molecule has 0 saturated carbocycles. The molecule has 128 valence electrons. The Balaban J connectivity index is 1.62. The van der Waals surface area contributed by atoms with Crippen molar-refractivity contribution >= 4 is 22.6 Å². The highest BCUT2D eigenvalue weighted by Crippen LogP contribution is 2.24. The monoisotopic (exact) mass is 363 g/mol. The Bertz CT molecular complexity index is 1120. The molecule has 26 heavy (non-hydrogen) atoms. The van der Waals surface area contributed by atoms with Gasteiger partial charge in [0, 0.05) is 22.7 Å². The quantitative estimate of drug-likeness (QED) is 0.474. The van der Waals surface area contributed by atoms with Gasteiger partial charge in [-0.05, 0) is 48.0 Å². The Labute approximate surface area is 154 Å². The zero-order valence-electron chi connectivity index (χ0n) is 13.7. The number of hydrogen-bond acceptors (Lipinski definition) is 4. The lowest BCUT2D eigenvalue weighted by atomic mass is 10.1. The molecule has 0 saturated heterocycles. The molecular formula is C21H14ClNO3. The summed E-state index contributed by atoms with van der Waals surface area (Å²) in [6, 6.07) is 20.1. The third-order valence-corrected chi connectivity index (χ3v) is 4.18. The van der Waals surface area contributed by atoms with E-state index in [4.69, 9.17) is 20.8 Å². The number of fused-ring (bicyclic) bond motifs is 1. The lowest BCUT2D eigenvalue weighted by molar-refractivity contribution is 0.306. The molecule has 4 aromatic rings. The molecule has 0 N–H and O–H groups in total. The molecule has 0 aliphatic rings. The van der Waals surface area contributed by atoms with Gasteiger partial charge in [-0.2, -0.15) is 0 Å². The van der Waals surface area contributed by atoms with E-state index >= 15 is 0 Å². The van der Waals surface area contributed by atoms with Crippen LogP contribution in [0.5, 0.6) is 5.75 Å². The predicted octanol–water partition coefficient (Wildman–Crippen LogP) is 5.09. The molecule has 0 bridgehead atoms. The van der Waals surface area contributed by atoms with Crippen LogP contribution in [0.2, 0.25) is 5.02 Å². The van der Waals surface area contributed by atoms with Gasteiger partial charge in [0.1, 0.15) is 17.9 Å². The molecule has 0 fully saturated rings. The van der Waals surface area contributed by atoms with Crippen molar-refractivity contribution < 1.29 is 9.15 Å². The topological polar surface area (TPSA) is 52.3 Å². The molecule has 2 heterocycles. The van der Waals surface area contributed by atoms with Crippen molar-refractivity contribution in [3.8, 4) is 17.0 Å². The van der Waals surface area contributed by atoms with Crippen LogP contribution in [0.1, 0.15) is 5.56 Å². The first-order chi connectivity index (χ1) is 12.7. The molecule has 0 aliphatic heterocycles. The van der Waals surface area contributed by atoms with Gasteiger partial charge in [-0.1, -0.05) is 29.8 Å². The normalized spacial score (nSPS) is 10.8. The minimum absolute atomic E-state index is 0.377. The smallest absolute Gasteiger partial charge is 0.345 e. The highest BCUT2D eigenvalue weighted by Gasteiger charge is 2.09. The summed E-state index contributed by atoms with van der Waals surface area (Å²) in [5.41, 5.74) is 2.03. The maximum atomic E-state index is 12.3. The van der Waals surface area contributed by atoms with Crippen LogP contribution in [0.3, 0.4) is 0 Å². The van der Waals surface area contributed by atoms with E-state index in [2.05, 4.69) is 4.98 Å². The number of pyridine rings is 1. The summed E-state index contributed by atoms with van der Waals surface area (Å²) in [5.74, 6) is 0.617.